The molecule has 0 atom stereocenters. The Kier molecular flexibility index (Phi) is 8.00. The number of nitrogens with one attached hydrogen (secondary N) is 1. The number of anilines is 2. The van der Waals surface area contributed by atoms with E-state index in [1.807, 2.05) is 6.07 Å². The van der Waals surface area contributed by atoms with Crippen molar-refractivity contribution in [2.45, 2.75) is 13.8 Å². The number of hydrogen-bond donors (Lipinski definition) is 1. The molecule has 1 aliphatic rings. The molecular formula is C26H27Cl2N3O4. The van der Waals surface area contributed by atoms with Crippen molar-refractivity contribution in [2.24, 2.45) is 0 Å². The first-order chi connectivity index (χ1) is 16.9. The number of rotatable bonds is 7. The maximum absolute atomic E-state index is 13.1. The Balaban J connectivity index is 1.60. The predicted octanol–water partition coefficient (Wildman–Crippen LogP) is 5.82. The van der Waals surface area contributed by atoms with E-state index in [2.05, 4.69) is 22.0 Å². The number of carbonyl (C=O) groups is 2. The molecule has 1 saturated heterocycles. The van der Waals surface area contributed by atoms with Crippen LogP contribution < -0.4 is 10.2 Å². The molecule has 1 N–H and O–H groups in total. The summed E-state index contributed by atoms with van der Waals surface area (Å²) in [6.07, 6.45) is 0. The van der Waals surface area contributed by atoms with Crippen molar-refractivity contribution in [2.75, 3.05) is 49.5 Å². The first-order valence-corrected chi connectivity index (χ1v) is 12.3. The summed E-state index contributed by atoms with van der Waals surface area (Å²) in [7, 11) is 0. The number of carbonyl (C=O) groups excluding carboxylic acids is 2. The van der Waals surface area contributed by atoms with Gasteiger partial charge in [-0.1, -0.05) is 30.1 Å². The molecule has 1 aromatic heterocycles. The van der Waals surface area contributed by atoms with Gasteiger partial charge in [0.2, 0.25) is 0 Å². The monoisotopic (exact) mass is 515 g/mol. The molecule has 0 spiro atoms. The number of ether oxygens (including phenoxy) is 1. The van der Waals surface area contributed by atoms with E-state index in [0.29, 0.717) is 32.6 Å². The predicted molar refractivity (Wildman–Crippen MR) is 139 cm³/mol. The summed E-state index contributed by atoms with van der Waals surface area (Å²) in [5.74, 6) is -0.344. The molecule has 0 saturated carbocycles. The molecule has 35 heavy (non-hydrogen) atoms. The quantitative estimate of drug-likeness (QED) is 0.399. The van der Waals surface area contributed by atoms with Crippen molar-refractivity contribution in [3.05, 3.63) is 69.9 Å². The van der Waals surface area contributed by atoms with E-state index in [4.69, 9.17) is 32.4 Å². The third-order valence-corrected chi connectivity index (χ3v) is 6.50. The molecular weight excluding hydrogens is 489 g/mol. The number of piperazine rings is 1. The van der Waals surface area contributed by atoms with Crippen molar-refractivity contribution < 1.29 is 18.7 Å². The van der Waals surface area contributed by atoms with Crippen LogP contribution in [0.1, 0.15) is 34.8 Å². The van der Waals surface area contributed by atoms with Crippen molar-refractivity contribution in [3.8, 4) is 11.3 Å². The number of amides is 1. The van der Waals surface area contributed by atoms with Crippen LogP contribution in [-0.4, -0.2) is 56.1 Å². The van der Waals surface area contributed by atoms with E-state index in [9.17, 15) is 9.59 Å². The average Bonchev–Trinajstić information content (AvgIpc) is 3.36. The van der Waals surface area contributed by atoms with Gasteiger partial charge >= 0.3 is 5.97 Å². The minimum Gasteiger partial charge on any atom is -0.462 e. The lowest BCUT2D eigenvalue weighted by Crippen LogP contribution is -2.46. The molecule has 0 bridgehead atoms. The second-order valence-electron chi connectivity index (χ2n) is 8.12. The third kappa shape index (κ3) is 5.81. The lowest BCUT2D eigenvalue weighted by molar-refractivity contribution is 0.0526. The summed E-state index contributed by atoms with van der Waals surface area (Å²) in [4.78, 5) is 30.1. The molecule has 0 aliphatic carbocycles. The van der Waals surface area contributed by atoms with Gasteiger partial charge in [-0.05, 0) is 62.0 Å². The summed E-state index contributed by atoms with van der Waals surface area (Å²) in [5.41, 5.74) is 2.32. The molecule has 7 nitrogen and oxygen atoms in total. The maximum Gasteiger partial charge on any atom is 0.338 e. The fourth-order valence-electron chi connectivity index (χ4n) is 4.03. The molecule has 0 radical (unpaired) electrons. The van der Waals surface area contributed by atoms with Crippen LogP contribution in [0.4, 0.5) is 11.4 Å². The molecule has 9 heteroatoms. The average molecular weight is 516 g/mol. The van der Waals surface area contributed by atoms with Crippen LogP contribution in [0.25, 0.3) is 11.3 Å². The molecule has 1 fully saturated rings. The van der Waals surface area contributed by atoms with Gasteiger partial charge in [0.05, 0.1) is 28.6 Å². The lowest BCUT2D eigenvalue weighted by atomic mass is 10.1. The van der Waals surface area contributed by atoms with Crippen LogP contribution >= 0.6 is 23.2 Å². The van der Waals surface area contributed by atoms with Crippen molar-refractivity contribution in [1.29, 1.82) is 0 Å². The zero-order valence-electron chi connectivity index (χ0n) is 19.6. The minimum absolute atomic E-state index is 0.110. The van der Waals surface area contributed by atoms with Gasteiger partial charge in [-0.2, -0.15) is 0 Å². The molecule has 3 aromatic rings. The number of furan rings is 1. The zero-order chi connectivity index (χ0) is 24.9. The largest absolute Gasteiger partial charge is 0.462 e. The number of esters is 1. The molecule has 4 rings (SSSR count). The summed E-state index contributed by atoms with van der Waals surface area (Å²) in [6, 6.07) is 13.5. The Morgan fingerprint density at radius 2 is 1.77 bits per heavy atom. The van der Waals surface area contributed by atoms with Gasteiger partial charge in [0.15, 0.2) is 5.76 Å². The fraction of sp³-hybridized carbons (Fsp3) is 0.308. The van der Waals surface area contributed by atoms with Gasteiger partial charge in [0, 0.05) is 36.8 Å². The third-order valence-electron chi connectivity index (χ3n) is 5.94. The van der Waals surface area contributed by atoms with E-state index < -0.39 is 11.9 Å². The van der Waals surface area contributed by atoms with Crippen LogP contribution in [0.15, 0.2) is 52.9 Å². The Bertz CT molecular complexity index is 1220. The van der Waals surface area contributed by atoms with Crippen molar-refractivity contribution in [3.63, 3.8) is 0 Å². The van der Waals surface area contributed by atoms with Gasteiger partial charge in [-0.3, -0.25) is 4.79 Å². The number of likely N-dealkylation sites (N-methyl/N-ethyl adjacent to an activating group) is 1. The number of hydrogen-bond acceptors (Lipinski definition) is 6. The highest BCUT2D eigenvalue weighted by atomic mass is 35.5. The van der Waals surface area contributed by atoms with Crippen LogP contribution in [0.2, 0.25) is 10.0 Å². The summed E-state index contributed by atoms with van der Waals surface area (Å²) < 4.78 is 10.9. The van der Waals surface area contributed by atoms with Crippen LogP contribution in [0.5, 0.6) is 0 Å². The van der Waals surface area contributed by atoms with Crippen LogP contribution in [-0.2, 0) is 4.74 Å². The van der Waals surface area contributed by atoms with E-state index in [-0.39, 0.29) is 12.4 Å². The highest BCUT2D eigenvalue weighted by Crippen LogP contribution is 2.33. The Hall–Kier alpha value is -3.00. The van der Waals surface area contributed by atoms with E-state index >= 15 is 0 Å². The van der Waals surface area contributed by atoms with Crippen molar-refractivity contribution in [1.82, 2.24) is 4.90 Å². The van der Waals surface area contributed by atoms with Gasteiger partial charge in [0.25, 0.3) is 5.91 Å². The molecule has 0 unspecified atom stereocenters. The van der Waals surface area contributed by atoms with Crippen LogP contribution in [0, 0.1) is 0 Å². The highest BCUT2D eigenvalue weighted by Gasteiger charge is 2.22. The van der Waals surface area contributed by atoms with Gasteiger partial charge in [-0.25, -0.2) is 4.79 Å². The molecule has 1 amide bonds. The number of benzene rings is 2. The molecule has 2 aromatic carbocycles. The zero-order valence-corrected chi connectivity index (χ0v) is 21.2. The molecule has 2 heterocycles. The molecule has 184 valence electrons. The fourth-order valence-corrected chi connectivity index (χ4v) is 4.42. The topological polar surface area (TPSA) is 75.0 Å². The van der Waals surface area contributed by atoms with E-state index in [1.165, 1.54) is 0 Å². The minimum atomic E-state index is -0.443. The summed E-state index contributed by atoms with van der Waals surface area (Å²) in [5, 5.41) is 3.90. The Labute approximate surface area is 214 Å². The van der Waals surface area contributed by atoms with Crippen molar-refractivity contribution >= 4 is 46.5 Å². The number of halogens is 2. The number of nitrogens with zero attached hydrogens (tertiary/aromatic N) is 2. The van der Waals surface area contributed by atoms with Gasteiger partial charge in [-0.15, -0.1) is 0 Å². The summed E-state index contributed by atoms with van der Waals surface area (Å²) >= 11 is 12.4. The highest BCUT2D eigenvalue weighted by molar-refractivity contribution is 6.35. The smallest absolute Gasteiger partial charge is 0.338 e. The first-order valence-electron chi connectivity index (χ1n) is 11.5. The van der Waals surface area contributed by atoms with Crippen LogP contribution in [0.3, 0.4) is 0 Å². The first kappa shape index (κ1) is 25.1. The van der Waals surface area contributed by atoms with E-state index in [1.54, 1.807) is 49.4 Å². The van der Waals surface area contributed by atoms with Gasteiger partial charge < -0.3 is 24.3 Å². The maximum atomic E-state index is 13.1. The lowest BCUT2D eigenvalue weighted by Gasteiger charge is -2.36. The SMILES string of the molecule is CCOC(=O)c1ccc(N2CCN(CC)CC2)c(NC(=O)c2ccc(-c3cc(Cl)ccc3Cl)o2)c1. The summed E-state index contributed by atoms with van der Waals surface area (Å²) in [6.45, 7) is 8.63. The normalized spacial score (nSPS) is 14.1. The molecule has 1 aliphatic heterocycles. The van der Waals surface area contributed by atoms with Gasteiger partial charge in [0.1, 0.15) is 5.76 Å². The van der Waals surface area contributed by atoms with E-state index in [0.717, 1.165) is 38.4 Å². The standard InChI is InChI=1S/C26H27Cl2N3O4/c1-3-30-11-13-31(14-12-30)22-8-5-17(26(33)34-4-2)15-21(22)29-25(32)24-10-9-23(35-24)19-16-18(27)6-7-20(19)28/h5-10,15-16H,3-4,11-14H2,1-2H3,(H,29,32). The second-order valence-corrected chi connectivity index (χ2v) is 8.96. The second kappa shape index (κ2) is 11.2. The Morgan fingerprint density at radius 3 is 2.49 bits per heavy atom. The Morgan fingerprint density at radius 1 is 1.00 bits per heavy atom.